The zero-order valence-electron chi connectivity index (χ0n) is 8.69. The van der Waals surface area contributed by atoms with Crippen LogP contribution in [0.1, 0.15) is 23.2 Å². The molecule has 2 nitrogen and oxygen atoms in total. The van der Waals surface area contributed by atoms with E-state index in [-0.39, 0.29) is 12.4 Å². The molecule has 0 radical (unpaired) electrons. The lowest BCUT2D eigenvalue weighted by Gasteiger charge is -2.10. The fourth-order valence-electron chi connectivity index (χ4n) is 1.66. The minimum Gasteiger partial charge on any atom is -0.395 e. The highest BCUT2D eigenvalue weighted by Gasteiger charge is 2.49. The highest BCUT2D eigenvalue weighted by atomic mass is 32.2. The van der Waals surface area contributed by atoms with Crippen LogP contribution >= 0.6 is 11.8 Å². The maximum absolute atomic E-state index is 12.0. The van der Waals surface area contributed by atoms with Crippen molar-refractivity contribution in [1.82, 2.24) is 0 Å². The number of carbonyl (C=O) groups is 1. The lowest BCUT2D eigenvalue weighted by Crippen LogP contribution is -2.19. The second-order valence-corrected chi connectivity index (χ2v) is 4.88. The quantitative estimate of drug-likeness (QED) is 0.627. The van der Waals surface area contributed by atoms with Gasteiger partial charge in [0, 0.05) is 10.5 Å². The third-order valence-electron chi connectivity index (χ3n) is 2.99. The molecule has 1 N–H and O–H groups in total. The lowest BCUT2D eigenvalue weighted by molar-refractivity contribution is 0.0829. The first-order valence-corrected chi connectivity index (χ1v) is 6.24. The van der Waals surface area contributed by atoms with Crippen LogP contribution in [0.2, 0.25) is 0 Å². The first-order valence-electron chi connectivity index (χ1n) is 5.01. The third-order valence-corrected chi connectivity index (χ3v) is 3.73. The van der Waals surface area contributed by atoms with E-state index in [9.17, 15) is 4.79 Å². The summed E-state index contributed by atoms with van der Waals surface area (Å²) in [5.41, 5.74) is 0.278. The van der Waals surface area contributed by atoms with Gasteiger partial charge in [-0.05, 0) is 31.2 Å². The van der Waals surface area contributed by atoms with Crippen LogP contribution in [0.25, 0.3) is 0 Å². The normalized spacial score (nSPS) is 17.5. The third kappa shape index (κ3) is 1.94. The van der Waals surface area contributed by atoms with E-state index in [0.717, 1.165) is 23.3 Å². The molecule has 80 valence electrons. The Morgan fingerprint density at radius 2 is 2.00 bits per heavy atom. The van der Waals surface area contributed by atoms with Gasteiger partial charge >= 0.3 is 0 Å². The Balaban J connectivity index is 2.19. The number of aliphatic hydroxyl groups excluding tert-OH is 1. The fraction of sp³-hybridized carbons (Fsp3) is 0.417. The highest BCUT2D eigenvalue weighted by molar-refractivity contribution is 7.98. The van der Waals surface area contributed by atoms with Gasteiger partial charge in [-0.25, -0.2) is 0 Å². The second-order valence-electron chi connectivity index (χ2n) is 4.00. The average Bonchev–Trinajstić information content (AvgIpc) is 3.09. The van der Waals surface area contributed by atoms with Gasteiger partial charge < -0.3 is 5.11 Å². The molecule has 3 heteroatoms. The molecule has 0 unspecified atom stereocenters. The molecule has 2 rings (SSSR count). The fourth-order valence-corrected chi connectivity index (χ4v) is 2.06. The summed E-state index contributed by atoms with van der Waals surface area (Å²) in [7, 11) is 0. The van der Waals surface area contributed by atoms with Crippen molar-refractivity contribution in [2.24, 2.45) is 5.41 Å². The number of hydrogen-bond acceptors (Lipinski definition) is 3. The minimum absolute atomic E-state index is 0.0177. The molecule has 1 saturated carbocycles. The van der Waals surface area contributed by atoms with Gasteiger partial charge in [0.25, 0.3) is 0 Å². The molecular formula is C12H14O2S. The standard InChI is InChI=1S/C12H14O2S/c1-15-10-4-2-9(3-5-10)11(14)12(8-13)6-7-12/h2-5,13H,6-8H2,1H3. The number of Topliss-reactive ketones (excluding diaryl/α,β-unsaturated/α-hetero) is 1. The van der Waals surface area contributed by atoms with Crippen molar-refractivity contribution in [3.8, 4) is 0 Å². The summed E-state index contributed by atoms with van der Waals surface area (Å²) < 4.78 is 0. The van der Waals surface area contributed by atoms with Crippen molar-refractivity contribution in [2.45, 2.75) is 17.7 Å². The number of carbonyl (C=O) groups excluding carboxylic acids is 1. The molecule has 15 heavy (non-hydrogen) atoms. The number of ketones is 1. The molecule has 0 atom stereocenters. The summed E-state index contributed by atoms with van der Waals surface area (Å²) in [6, 6.07) is 7.60. The van der Waals surface area contributed by atoms with Gasteiger partial charge in [-0.1, -0.05) is 12.1 Å². The summed E-state index contributed by atoms with van der Waals surface area (Å²) in [4.78, 5) is 13.1. The Hall–Kier alpha value is -0.800. The van der Waals surface area contributed by atoms with Crippen LogP contribution < -0.4 is 0 Å². The molecule has 0 aromatic heterocycles. The van der Waals surface area contributed by atoms with Gasteiger partial charge in [-0.3, -0.25) is 4.79 Å². The van der Waals surface area contributed by atoms with Crippen molar-refractivity contribution in [3.05, 3.63) is 29.8 Å². The van der Waals surface area contributed by atoms with Crippen LogP contribution in [-0.2, 0) is 0 Å². The van der Waals surface area contributed by atoms with Crippen LogP contribution in [0.5, 0.6) is 0 Å². The van der Waals surface area contributed by atoms with Gasteiger partial charge in [0.05, 0.1) is 12.0 Å². The van der Waals surface area contributed by atoms with Crippen molar-refractivity contribution >= 4 is 17.5 Å². The second kappa shape index (κ2) is 3.99. The molecule has 0 spiro atoms. The number of thioether (sulfide) groups is 1. The van der Waals surface area contributed by atoms with E-state index in [1.54, 1.807) is 11.8 Å². The Labute approximate surface area is 93.7 Å². The first kappa shape index (κ1) is 10.7. The van der Waals surface area contributed by atoms with Crippen LogP contribution in [0, 0.1) is 5.41 Å². The average molecular weight is 222 g/mol. The predicted molar refractivity (Wildman–Crippen MR) is 61.3 cm³/mol. The summed E-state index contributed by atoms with van der Waals surface area (Å²) in [5, 5.41) is 9.16. The molecule has 1 aromatic carbocycles. The summed E-state index contributed by atoms with van der Waals surface area (Å²) in [6.07, 6.45) is 3.66. The van der Waals surface area contributed by atoms with Crippen LogP contribution in [0.4, 0.5) is 0 Å². The van der Waals surface area contributed by atoms with Crippen molar-refractivity contribution < 1.29 is 9.90 Å². The molecule has 1 fully saturated rings. The van der Waals surface area contributed by atoms with Gasteiger partial charge in [0.1, 0.15) is 0 Å². The van der Waals surface area contributed by atoms with E-state index in [2.05, 4.69) is 0 Å². The maximum Gasteiger partial charge on any atom is 0.171 e. The molecule has 1 aromatic rings. The Bertz CT molecular complexity index is 366. The summed E-state index contributed by atoms with van der Waals surface area (Å²) in [6.45, 7) is -0.0177. The van der Waals surface area contributed by atoms with E-state index >= 15 is 0 Å². The zero-order valence-corrected chi connectivity index (χ0v) is 9.51. The molecule has 1 aliphatic carbocycles. The van der Waals surface area contributed by atoms with Crippen molar-refractivity contribution in [3.63, 3.8) is 0 Å². The van der Waals surface area contributed by atoms with Crippen LogP contribution in [0.3, 0.4) is 0 Å². The van der Waals surface area contributed by atoms with E-state index in [4.69, 9.17) is 5.11 Å². The van der Waals surface area contributed by atoms with E-state index < -0.39 is 5.41 Å². The van der Waals surface area contributed by atoms with Crippen molar-refractivity contribution in [2.75, 3.05) is 12.9 Å². The van der Waals surface area contributed by atoms with Crippen LogP contribution in [-0.4, -0.2) is 23.8 Å². The topological polar surface area (TPSA) is 37.3 Å². The predicted octanol–water partition coefficient (Wildman–Crippen LogP) is 2.36. The molecule has 0 heterocycles. The Morgan fingerprint density at radius 3 is 2.40 bits per heavy atom. The molecule has 1 aliphatic rings. The number of rotatable bonds is 4. The van der Waals surface area contributed by atoms with E-state index in [0.29, 0.717) is 0 Å². The lowest BCUT2D eigenvalue weighted by atomic mass is 9.96. The molecule has 0 amide bonds. The minimum atomic E-state index is -0.444. The summed E-state index contributed by atoms with van der Waals surface area (Å²) in [5.74, 6) is 0.0950. The summed E-state index contributed by atoms with van der Waals surface area (Å²) >= 11 is 1.66. The molecule has 0 bridgehead atoms. The monoisotopic (exact) mass is 222 g/mol. The van der Waals surface area contributed by atoms with Gasteiger partial charge in [-0.15, -0.1) is 11.8 Å². The Morgan fingerprint density at radius 1 is 1.40 bits per heavy atom. The van der Waals surface area contributed by atoms with Gasteiger partial charge in [0.15, 0.2) is 5.78 Å². The zero-order chi connectivity index (χ0) is 10.9. The Kier molecular flexibility index (Phi) is 2.85. The molecule has 0 saturated heterocycles. The first-order chi connectivity index (χ1) is 7.22. The number of benzene rings is 1. The van der Waals surface area contributed by atoms with Gasteiger partial charge in [0.2, 0.25) is 0 Å². The smallest absolute Gasteiger partial charge is 0.171 e. The van der Waals surface area contributed by atoms with Crippen LogP contribution in [0.15, 0.2) is 29.2 Å². The van der Waals surface area contributed by atoms with Gasteiger partial charge in [-0.2, -0.15) is 0 Å². The SMILES string of the molecule is CSc1ccc(C(=O)C2(CO)CC2)cc1. The number of aliphatic hydroxyl groups is 1. The number of hydrogen-bond donors (Lipinski definition) is 1. The van der Waals surface area contributed by atoms with E-state index in [1.807, 2.05) is 30.5 Å². The molecule has 0 aliphatic heterocycles. The highest BCUT2D eigenvalue weighted by Crippen LogP contribution is 2.47. The van der Waals surface area contributed by atoms with E-state index in [1.165, 1.54) is 0 Å². The maximum atomic E-state index is 12.0. The molecular weight excluding hydrogens is 208 g/mol. The largest absolute Gasteiger partial charge is 0.395 e. The van der Waals surface area contributed by atoms with Crippen molar-refractivity contribution in [1.29, 1.82) is 0 Å².